The molecule has 0 saturated carbocycles. The molecule has 0 aromatic rings. The number of sulfonamides is 1. The van der Waals surface area contributed by atoms with Gasteiger partial charge < -0.3 is 10.1 Å². The number of hydrogen-bond acceptors (Lipinski definition) is 4. The summed E-state index contributed by atoms with van der Waals surface area (Å²) >= 11 is 0. The van der Waals surface area contributed by atoms with Gasteiger partial charge in [0.25, 0.3) is 0 Å². The van der Waals surface area contributed by atoms with Crippen molar-refractivity contribution < 1.29 is 13.2 Å². The van der Waals surface area contributed by atoms with Crippen LogP contribution in [0.25, 0.3) is 0 Å². The second-order valence-electron chi connectivity index (χ2n) is 3.84. The second kappa shape index (κ2) is 8.00. The lowest BCUT2D eigenvalue weighted by Gasteiger charge is -2.18. The van der Waals surface area contributed by atoms with E-state index in [1.807, 2.05) is 13.8 Å². The van der Waals surface area contributed by atoms with Gasteiger partial charge in [-0.3, -0.25) is 0 Å². The highest BCUT2D eigenvalue weighted by atomic mass is 32.2. The molecule has 0 spiro atoms. The fourth-order valence-corrected chi connectivity index (χ4v) is 2.38. The molecule has 0 aromatic carbocycles. The lowest BCUT2D eigenvalue weighted by Crippen LogP contribution is -2.44. The first-order chi connectivity index (χ1) is 7.44. The maximum atomic E-state index is 11.8. The average molecular weight is 252 g/mol. The first kappa shape index (κ1) is 15.8. The minimum atomic E-state index is -3.25. The van der Waals surface area contributed by atoms with E-state index in [9.17, 15) is 8.42 Å². The molecule has 0 aliphatic rings. The predicted molar refractivity (Wildman–Crippen MR) is 66.0 cm³/mol. The summed E-state index contributed by atoms with van der Waals surface area (Å²) in [5, 5.41) is 2.59. The highest BCUT2D eigenvalue weighted by molar-refractivity contribution is 7.90. The molecule has 2 unspecified atom stereocenters. The van der Waals surface area contributed by atoms with Crippen LogP contribution in [0.3, 0.4) is 0 Å². The molecule has 98 valence electrons. The van der Waals surface area contributed by atoms with E-state index < -0.39 is 15.3 Å². The Hall–Kier alpha value is -0.170. The van der Waals surface area contributed by atoms with Gasteiger partial charge in [-0.05, 0) is 27.3 Å². The van der Waals surface area contributed by atoms with E-state index in [2.05, 4.69) is 10.0 Å². The van der Waals surface area contributed by atoms with Crippen LogP contribution >= 0.6 is 0 Å². The van der Waals surface area contributed by atoms with Gasteiger partial charge in [-0.1, -0.05) is 6.92 Å². The van der Waals surface area contributed by atoms with Gasteiger partial charge in [-0.2, -0.15) is 0 Å². The fraction of sp³-hybridized carbons (Fsp3) is 1.00. The van der Waals surface area contributed by atoms with E-state index in [1.165, 1.54) is 0 Å². The molecule has 6 heteroatoms. The number of hydrogen-bond donors (Lipinski definition) is 2. The van der Waals surface area contributed by atoms with Crippen molar-refractivity contribution in [1.29, 1.82) is 0 Å². The van der Waals surface area contributed by atoms with Crippen LogP contribution in [0.5, 0.6) is 0 Å². The van der Waals surface area contributed by atoms with Crippen molar-refractivity contribution in [2.75, 3.05) is 26.3 Å². The predicted octanol–water partition coefficient (Wildman–Crippen LogP) is 0.329. The number of ether oxygens (including phenoxy) is 1. The smallest absolute Gasteiger partial charge is 0.215 e. The molecule has 0 bridgehead atoms. The second-order valence-corrected chi connectivity index (χ2v) is 5.97. The lowest BCUT2D eigenvalue weighted by molar-refractivity contribution is 0.133. The topological polar surface area (TPSA) is 67.4 Å². The van der Waals surface area contributed by atoms with Crippen LogP contribution in [0, 0.1) is 0 Å². The summed E-state index contributed by atoms with van der Waals surface area (Å²) in [6.45, 7) is 9.56. The van der Waals surface area contributed by atoms with Crippen molar-refractivity contribution in [1.82, 2.24) is 10.0 Å². The minimum Gasteiger partial charge on any atom is -0.380 e. The van der Waals surface area contributed by atoms with Gasteiger partial charge in [-0.15, -0.1) is 0 Å². The van der Waals surface area contributed by atoms with Crippen LogP contribution in [0.1, 0.15) is 27.7 Å². The molecule has 0 rings (SSSR count). The van der Waals surface area contributed by atoms with Gasteiger partial charge in [0.1, 0.15) is 0 Å². The van der Waals surface area contributed by atoms with Crippen LogP contribution in [0.2, 0.25) is 0 Å². The van der Waals surface area contributed by atoms with Crippen molar-refractivity contribution in [2.45, 2.75) is 39.0 Å². The number of nitrogens with one attached hydrogen (secondary N) is 2. The Labute approximate surface area is 99.0 Å². The lowest BCUT2D eigenvalue weighted by atomic mass is 10.4. The normalized spacial score (nSPS) is 16.0. The van der Waals surface area contributed by atoms with E-state index in [1.54, 1.807) is 13.8 Å². The average Bonchev–Trinajstić information content (AvgIpc) is 2.22. The van der Waals surface area contributed by atoms with Crippen LogP contribution in [-0.4, -0.2) is 46.0 Å². The third kappa shape index (κ3) is 6.42. The van der Waals surface area contributed by atoms with Crippen LogP contribution in [0.4, 0.5) is 0 Å². The zero-order chi connectivity index (χ0) is 12.6. The standard InChI is InChI=1S/C10H24N2O3S/c1-5-11-7-10(4)16(13,14)12-9(3)8-15-6-2/h9-12H,5-8H2,1-4H3. The van der Waals surface area contributed by atoms with Crippen molar-refractivity contribution >= 4 is 10.0 Å². The van der Waals surface area contributed by atoms with Crippen molar-refractivity contribution in [3.63, 3.8) is 0 Å². The Bertz CT molecular complexity index is 267. The molecule has 0 aliphatic heterocycles. The van der Waals surface area contributed by atoms with E-state index in [0.29, 0.717) is 19.8 Å². The SMILES string of the molecule is CCNCC(C)S(=O)(=O)NC(C)COCC. The summed E-state index contributed by atoms with van der Waals surface area (Å²) in [6.07, 6.45) is 0. The molecule has 0 fully saturated rings. The zero-order valence-electron chi connectivity index (χ0n) is 10.6. The Kier molecular flexibility index (Phi) is 7.91. The molecule has 0 aromatic heterocycles. The summed E-state index contributed by atoms with van der Waals surface area (Å²) in [6, 6.07) is -0.186. The first-order valence-electron chi connectivity index (χ1n) is 5.73. The Morgan fingerprint density at radius 2 is 1.88 bits per heavy atom. The number of rotatable bonds is 9. The molecule has 0 aliphatic carbocycles. The molecule has 0 saturated heterocycles. The molecule has 5 nitrogen and oxygen atoms in total. The van der Waals surface area contributed by atoms with Gasteiger partial charge in [0.2, 0.25) is 10.0 Å². The molecule has 0 radical (unpaired) electrons. The first-order valence-corrected chi connectivity index (χ1v) is 7.28. The third-order valence-electron chi connectivity index (χ3n) is 2.15. The maximum absolute atomic E-state index is 11.8. The van der Waals surface area contributed by atoms with Crippen molar-refractivity contribution in [2.24, 2.45) is 0 Å². The minimum absolute atomic E-state index is 0.186. The molecule has 0 amide bonds. The van der Waals surface area contributed by atoms with Crippen LogP contribution in [0.15, 0.2) is 0 Å². The molecule has 0 heterocycles. The third-order valence-corrected chi connectivity index (χ3v) is 4.11. The van der Waals surface area contributed by atoms with E-state index in [0.717, 1.165) is 6.54 Å². The maximum Gasteiger partial charge on any atom is 0.215 e. The Morgan fingerprint density at radius 3 is 2.38 bits per heavy atom. The van der Waals surface area contributed by atoms with E-state index in [-0.39, 0.29) is 6.04 Å². The molecule has 16 heavy (non-hydrogen) atoms. The highest BCUT2D eigenvalue weighted by Gasteiger charge is 2.22. The largest absolute Gasteiger partial charge is 0.380 e. The Morgan fingerprint density at radius 1 is 1.25 bits per heavy atom. The van der Waals surface area contributed by atoms with Gasteiger partial charge >= 0.3 is 0 Å². The summed E-state index contributed by atoms with van der Waals surface area (Å²) in [5.41, 5.74) is 0. The quantitative estimate of drug-likeness (QED) is 0.620. The van der Waals surface area contributed by atoms with Crippen LogP contribution < -0.4 is 10.0 Å². The van der Waals surface area contributed by atoms with Crippen molar-refractivity contribution in [3.05, 3.63) is 0 Å². The van der Waals surface area contributed by atoms with Crippen LogP contribution in [-0.2, 0) is 14.8 Å². The fourth-order valence-electron chi connectivity index (χ4n) is 1.18. The molecule has 2 atom stereocenters. The van der Waals surface area contributed by atoms with Gasteiger partial charge in [0, 0.05) is 19.2 Å². The molecular formula is C10H24N2O3S. The van der Waals surface area contributed by atoms with Crippen molar-refractivity contribution in [3.8, 4) is 0 Å². The molecular weight excluding hydrogens is 228 g/mol. The summed E-state index contributed by atoms with van der Waals surface area (Å²) in [5.74, 6) is 0. The summed E-state index contributed by atoms with van der Waals surface area (Å²) in [4.78, 5) is 0. The highest BCUT2D eigenvalue weighted by Crippen LogP contribution is 1.99. The monoisotopic (exact) mass is 252 g/mol. The van der Waals surface area contributed by atoms with Gasteiger partial charge in [0.15, 0.2) is 0 Å². The van der Waals surface area contributed by atoms with E-state index >= 15 is 0 Å². The molecule has 2 N–H and O–H groups in total. The van der Waals surface area contributed by atoms with E-state index in [4.69, 9.17) is 4.74 Å². The summed E-state index contributed by atoms with van der Waals surface area (Å²) < 4.78 is 31.4. The summed E-state index contributed by atoms with van der Waals surface area (Å²) in [7, 11) is -3.25. The van der Waals surface area contributed by atoms with Gasteiger partial charge in [0.05, 0.1) is 11.9 Å². The zero-order valence-corrected chi connectivity index (χ0v) is 11.4. The van der Waals surface area contributed by atoms with Gasteiger partial charge in [-0.25, -0.2) is 13.1 Å². The Balaban J connectivity index is 4.11.